The van der Waals surface area contributed by atoms with Crippen molar-refractivity contribution < 1.29 is 9.59 Å². The third kappa shape index (κ3) is 3.51. The van der Waals surface area contributed by atoms with E-state index in [-0.39, 0.29) is 17.5 Å². The van der Waals surface area contributed by atoms with Crippen molar-refractivity contribution in [3.8, 4) is 22.9 Å². The van der Waals surface area contributed by atoms with E-state index in [1.165, 1.54) is 6.08 Å². The van der Waals surface area contributed by atoms with Crippen LogP contribution in [0.25, 0.3) is 16.8 Å². The number of fused-ring (bicyclic) bond motifs is 1. The van der Waals surface area contributed by atoms with Crippen molar-refractivity contribution in [2.24, 2.45) is 0 Å². The molecule has 2 N–H and O–H groups in total. The van der Waals surface area contributed by atoms with E-state index >= 15 is 0 Å². The van der Waals surface area contributed by atoms with Crippen LogP contribution in [-0.2, 0) is 11.2 Å². The largest absolute Gasteiger partial charge is 0.352 e. The van der Waals surface area contributed by atoms with Crippen LogP contribution < -0.4 is 10.6 Å². The van der Waals surface area contributed by atoms with Gasteiger partial charge < -0.3 is 10.6 Å². The molecule has 0 radical (unpaired) electrons. The summed E-state index contributed by atoms with van der Waals surface area (Å²) < 4.78 is 1.60. The molecule has 2 aromatic carbocycles. The highest BCUT2D eigenvalue weighted by Crippen LogP contribution is 2.28. The van der Waals surface area contributed by atoms with Gasteiger partial charge in [0.1, 0.15) is 6.07 Å². The van der Waals surface area contributed by atoms with Crippen molar-refractivity contribution in [2.45, 2.75) is 6.42 Å². The normalized spacial score (nSPS) is 12.4. The van der Waals surface area contributed by atoms with E-state index in [1.54, 1.807) is 35.1 Å². The standard InChI is InChI=1S/C22H17N5O2/c1-2-21(28)25-16-4-3-5-17(11-16)27-13-19(20(12-23)26-27)14-6-7-18-15(10-14)8-9-24-22(18)29/h2-7,10-11,13H,1,8-9H2,(H,24,29)(H,25,28). The van der Waals surface area contributed by atoms with Gasteiger partial charge in [-0.15, -0.1) is 0 Å². The van der Waals surface area contributed by atoms with E-state index < -0.39 is 0 Å². The van der Waals surface area contributed by atoms with Gasteiger partial charge in [-0.25, -0.2) is 4.68 Å². The van der Waals surface area contributed by atoms with Crippen molar-refractivity contribution in [3.05, 3.63) is 78.1 Å². The Kier molecular flexibility index (Phi) is 4.67. The predicted octanol–water partition coefficient (Wildman–Crippen LogP) is 2.82. The molecule has 2 amide bonds. The monoisotopic (exact) mass is 383 g/mol. The SMILES string of the molecule is C=CC(=O)Nc1cccc(-n2cc(-c3ccc4c(c3)CCNC4=O)c(C#N)n2)c1. The molecule has 3 aromatic rings. The molecule has 7 nitrogen and oxygen atoms in total. The van der Waals surface area contributed by atoms with Crippen LogP contribution in [0.4, 0.5) is 5.69 Å². The maximum atomic E-state index is 12.0. The summed E-state index contributed by atoms with van der Waals surface area (Å²) in [6.45, 7) is 4.04. The van der Waals surface area contributed by atoms with Gasteiger partial charge in [0.15, 0.2) is 5.69 Å². The second-order valence-electron chi connectivity index (χ2n) is 6.57. The first-order chi connectivity index (χ1) is 14.1. The molecule has 0 unspecified atom stereocenters. The minimum absolute atomic E-state index is 0.0765. The zero-order valence-electron chi connectivity index (χ0n) is 15.5. The molecule has 2 heterocycles. The highest BCUT2D eigenvalue weighted by Gasteiger charge is 2.19. The van der Waals surface area contributed by atoms with Crippen LogP contribution in [0.1, 0.15) is 21.6 Å². The fourth-order valence-electron chi connectivity index (χ4n) is 3.31. The Morgan fingerprint density at radius 2 is 2.14 bits per heavy atom. The predicted molar refractivity (Wildman–Crippen MR) is 109 cm³/mol. The van der Waals surface area contributed by atoms with Crippen LogP contribution >= 0.6 is 0 Å². The van der Waals surface area contributed by atoms with Crippen LogP contribution in [0, 0.1) is 11.3 Å². The van der Waals surface area contributed by atoms with E-state index in [9.17, 15) is 14.9 Å². The number of rotatable bonds is 4. The van der Waals surface area contributed by atoms with Crippen molar-refractivity contribution in [1.29, 1.82) is 5.26 Å². The summed E-state index contributed by atoms with van der Waals surface area (Å²) in [5, 5.41) is 19.5. The van der Waals surface area contributed by atoms with Gasteiger partial charge in [0.05, 0.1) is 5.69 Å². The molecule has 0 saturated carbocycles. The number of benzene rings is 2. The summed E-state index contributed by atoms with van der Waals surface area (Å²) in [7, 11) is 0. The van der Waals surface area contributed by atoms with Gasteiger partial charge in [-0.1, -0.05) is 24.8 Å². The highest BCUT2D eigenvalue weighted by molar-refractivity contribution is 5.99. The average Bonchev–Trinajstić information content (AvgIpc) is 3.18. The molecule has 0 atom stereocenters. The topological polar surface area (TPSA) is 99.8 Å². The molecule has 0 aliphatic carbocycles. The fraction of sp³-hybridized carbons (Fsp3) is 0.0909. The third-order valence-corrected chi connectivity index (χ3v) is 4.72. The molecule has 1 aliphatic heterocycles. The minimum Gasteiger partial charge on any atom is -0.352 e. The average molecular weight is 383 g/mol. The van der Waals surface area contributed by atoms with Gasteiger partial charge in [-0.05, 0) is 47.9 Å². The zero-order chi connectivity index (χ0) is 20.4. The fourth-order valence-corrected chi connectivity index (χ4v) is 3.31. The van der Waals surface area contributed by atoms with Crippen molar-refractivity contribution in [3.63, 3.8) is 0 Å². The molecule has 142 valence electrons. The number of nitrogens with one attached hydrogen (secondary N) is 2. The lowest BCUT2D eigenvalue weighted by Crippen LogP contribution is -2.31. The van der Waals surface area contributed by atoms with Gasteiger partial charge in [-0.2, -0.15) is 10.4 Å². The van der Waals surface area contributed by atoms with E-state index in [1.807, 2.05) is 18.2 Å². The summed E-state index contributed by atoms with van der Waals surface area (Å²) in [4.78, 5) is 23.5. The number of nitrogens with zero attached hydrogens (tertiary/aromatic N) is 3. The van der Waals surface area contributed by atoms with Crippen molar-refractivity contribution in [2.75, 3.05) is 11.9 Å². The Labute approximate surface area is 167 Å². The molecule has 1 aromatic heterocycles. The number of amides is 2. The highest BCUT2D eigenvalue weighted by atomic mass is 16.2. The third-order valence-electron chi connectivity index (χ3n) is 4.72. The van der Waals surface area contributed by atoms with Crippen molar-refractivity contribution >= 4 is 17.5 Å². The van der Waals surface area contributed by atoms with Gasteiger partial charge in [0, 0.05) is 29.6 Å². The Hall–Kier alpha value is -4.18. The minimum atomic E-state index is -0.306. The van der Waals surface area contributed by atoms with Gasteiger partial charge in [0.25, 0.3) is 5.91 Å². The lowest BCUT2D eigenvalue weighted by molar-refractivity contribution is -0.111. The van der Waals surface area contributed by atoms with E-state index in [0.29, 0.717) is 29.0 Å². The van der Waals surface area contributed by atoms with Crippen LogP contribution in [-0.4, -0.2) is 28.1 Å². The smallest absolute Gasteiger partial charge is 0.251 e. The molecular weight excluding hydrogens is 366 g/mol. The summed E-state index contributed by atoms with van der Waals surface area (Å²) in [6.07, 6.45) is 3.72. The second kappa shape index (κ2) is 7.44. The molecule has 7 heteroatoms. The Morgan fingerprint density at radius 3 is 2.93 bits per heavy atom. The summed E-state index contributed by atoms with van der Waals surface area (Å²) >= 11 is 0. The summed E-state index contributed by atoms with van der Waals surface area (Å²) in [5.41, 5.74) is 4.72. The van der Waals surface area contributed by atoms with Crippen molar-refractivity contribution in [1.82, 2.24) is 15.1 Å². The summed E-state index contributed by atoms with van der Waals surface area (Å²) in [5.74, 6) is -0.383. The number of hydrogen-bond acceptors (Lipinski definition) is 4. The molecule has 1 aliphatic rings. The van der Waals surface area contributed by atoms with Crippen LogP contribution in [0.3, 0.4) is 0 Å². The lowest BCUT2D eigenvalue weighted by Gasteiger charge is -2.16. The molecular formula is C22H17N5O2. The van der Waals surface area contributed by atoms with Gasteiger partial charge in [0.2, 0.25) is 5.91 Å². The number of carbonyl (C=O) groups is 2. The molecule has 29 heavy (non-hydrogen) atoms. The molecule has 0 saturated heterocycles. The Balaban J connectivity index is 1.73. The molecule has 0 spiro atoms. The number of nitriles is 1. The molecule has 0 bridgehead atoms. The summed E-state index contributed by atoms with van der Waals surface area (Å²) in [6, 6.07) is 14.8. The first-order valence-corrected chi connectivity index (χ1v) is 9.04. The first kappa shape index (κ1) is 18.2. The quantitative estimate of drug-likeness (QED) is 0.677. The van der Waals surface area contributed by atoms with Gasteiger partial charge >= 0.3 is 0 Å². The number of carbonyl (C=O) groups excluding carboxylic acids is 2. The number of aromatic nitrogens is 2. The Morgan fingerprint density at radius 1 is 1.28 bits per heavy atom. The van der Waals surface area contributed by atoms with E-state index in [2.05, 4.69) is 28.4 Å². The maximum Gasteiger partial charge on any atom is 0.251 e. The lowest BCUT2D eigenvalue weighted by atomic mass is 9.95. The Bertz CT molecular complexity index is 1190. The molecule has 0 fully saturated rings. The molecule has 4 rings (SSSR count). The first-order valence-electron chi connectivity index (χ1n) is 9.04. The van der Waals surface area contributed by atoms with E-state index in [0.717, 1.165) is 17.5 Å². The van der Waals surface area contributed by atoms with Gasteiger partial charge in [-0.3, -0.25) is 9.59 Å². The number of anilines is 1. The van der Waals surface area contributed by atoms with Crippen LogP contribution in [0.2, 0.25) is 0 Å². The second-order valence-corrected chi connectivity index (χ2v) is 6.57. The zero-order valence-corrected chi connectivity index (χ0v) is 15.5. The van der Waals surface area contributed by atoms with Crippen LogP contribution in [0.15, 0.2) is 61.3 Å². The van der Waals surface area contributed by atoms with E-state index in [4.69, 9.17) is 0 Å². The maximum absolute atomic E-state index is 12.0. The van der Waals surface area contributed by atoms with Crippen LogP contribution in [0.5, 0.6) is 0 Å². The number of hydrogen-bond donors (Lipinski definition) is 2.